The molecule has 3 fully saturated rings. The molecular weight excluding hydrogens is 288 g/mol. The van der Waals surface area contributed by atoms with Crippen molar-refractivity contribution in [3.8, 4) is 0 Å². The van der Waals surface area contributed by atoms with Crippen LogP contribution in [0.3, 0.4) is 0 Å². The summed E-state index contributed by atoms with van der Waals surface area (Å²) in [5, 5.41) is 0. The molecule has 0 bridgehead atoms. The van der Waals surface area contributed by atoms with Gasteiger partial charge in [0.2, 0.25) is 0 Å². The van der Waals surface area contributed by atoms with E-state index in [0.717, 1.165) is 47.3 Å². The quantitative estimate of drug-likeness (QED) is 0.470. The number of hydrogen-bond acceptors (Lipinski definition) is 0. The van der Waals surface area contributed by atoms with Crippen LogP contribution in [0.5, 0.6) is 0 Å². The summed E-state index contributed by atoms with van der Waals surface area (Å²) < 4.78 is 0. The van der Waals surface area contributed by atoms with E-state index in [0.29, 0.717) is 0 Å². The van der Waals surface area contributed by atoms with Gasteiger partial charge in [-0.3, -0.25) is 0 Å². The highest BCUT2D eigenvalue weighted by Crippen LogP contribution is 2.48. The van der Waals surface area contributed by atoms with Gasteiger partial charge in [-0.2, -0.15) is 0 Å². The molecule has 0 amide bonds. The highest BCUT2D eigenvalue weighted by atomic mass is 14.4. The Bertz CT molecular complexity index is 392. The molecule has 3 saturated carbocycles. The monoisotopic (exact) mass is 330 g/mol. The van der Waals surface area contributed by atoms with Crippen LogP contribution in [0.2, 0.25) is 0 Å². The first-order valence-corrected chi connectivity index (χ1v) is 11.2. The molecule has 0 aromatic rings. The van der Waals surface area contributed by atoms with Crippen LogP contribution in [-0.4, -0.2) is 0 Å². The van der Waals surface area contributed by atoms with E-state index in [-0.39, 0.29) is 0 Å². The molecule has 0 heterocycles. The first-order chi connectivity index (χ1) is 11.6. The summed E-state index contributed by atoms with van der Waals surface area (Å²) in [6.45, 7) is 9.76. The normalized spacial score (nSPS) is 47.8. The van der Waals surface area contributed by atoms with Gasteiger partial charge in [0.1, 0.15) is 0 Å². The number of rotatable bonds is 3. The van der Waals surface area contributed by atoms with Crippen LogP contribution in [0.4, 0.5) is 0 Å². The largest absolute Gasteiger partial charge is 0.0914 e. The average Bonchev–Trinajstić information content (AvgIpc) is 2.61. The molecule has 0 heteroatoms. The molecule has 0 nitrogen and oxygen atoms in total. The molecule has 0 N–H and O–H groups in total. The van der Waals surface area contributed by atoms with Crippen LogP contribution in [0.1, 0.15) is 91.9 Å². The zero-order chi connectivity index (χ0) is 17.1. The van der Waals surface area contributed by atoms with E-state index in [9.17, 15) is 0 Å². The maximum atomic E-state index is 2.57. The molecule has 0 spiro atoms. The Balaban J connectivity index is 1.46. The maximum Gasteiger partial charge on any atom is -0.0233 e. The molecule has 0 aliphatic heterocycles. The molecule has 3 rings (SSSR count). The lowest BCUT2D eigenvalue weighted by Crippen LogP contribution is -2.36. The Morgan fingerprint density at radius 2 is 1.12 bits per heavy atom. The van der Waals surface area contributed by atoms with Gasteiger partial charge in [0.25, 0.3) is 0 Å². The summed E-state index contributed by atoms with van der Waals surface area (Å²) in [4.78, 5) is 0. The summed E-state index contributed by atoms with van der Waals surface area (Å²) in [7, 11) is 0. The van der Waals surface area contributed by atoms with E-state index in [2.05, 4.69) is 39.8 Å². The summed E-state index contributed by atoms with van der Waals surface area (Å²) in [5.41, 5.74) is 0. The van der Waals surface area contributed by atoms with Crippen molar-refractivity contribution in [1.82, 2.24) is 0 Å². The van der Waals surface area contributed by atoms with Gasteiger partial charge in [-0.1, -0.05) is 39.3 Å². The van der Waals surface area contributed by atoms with Gasteiger partial charge in [0, 0.05) is 0 Å². The summed E-state index contributed by atoms with van der Waals surface area (Å²) in [6.07, 6.45) is 19.9. The van der Waals surface area contributed by atoms with E-state index in [1.54, 1.807) is 25.7 Å². The SMILES string of the molecule is C/C=C/C1CCC(C2CCC(C3CCC(C)C(C)C3C)CC2)CC1. The van der Waals surface area contributed by atoms with Crippen molar-refractivity contribution in [2.75, 3.05) is 0 Å². The standard InChI is InChI=1S/C24H42/c1-5-6-20-8-10-21(11-9-20)22-12-14-23(15-13-22)24-16-7-17(2)18(3)19(24)4/h5-6,17-24H,7-16H2,1-4H3/b6-5+. The third kappa shape index (κ3) is 4.10. The van der Waals surface area contributed by atoms with Crippen LogP contribution in [0.15, 0.2) is 12.2 Å². The third-order valence-corrected chi connectivity index (χ3v) is 8.73. The lowest BCUT2D eigenvalue weighted by Gasteiger charge is -2.45. The second kappa shape index (κ2) is 8.41. The predicted molar refractivity (Wildman–Crippen MR) is 106 cm³/mol. The highest BCUT2D eigenvalue weighted by Gasteiger charge is 2.38. The molecule has 24 heavy (non-hydrogen) atoms. The van der Waals surface area contributed by atoms with Crippen LogP contribution in [0.25, 0.3) is 0 Å². The fourth-order valence-electron chi connectivity index (χ4n) is 6.68. The molecule has 0 saturated heterocycles. The minimum absolute atomic E-state index is 0.897. The maximum absolute atomic E-state index is 2.57. The second-order valence-corrected chi connectivity index (χ2v) is 9.81. The van der Waals surface area contributed by atoms with Crippen LogP contribution >= 0.6 is 0 Å². The molecule has 4 atom stereocenters. The fourth-order valence-corrected chi connectivity index (χ4v) is 6.68. The summed E-state index contributed by atoms with van der Waals surface area (Å²) in [5.74, 6) is 8.01. The first-order valence-electron chi connectivity index (χ1n) is 11.2. The fraction of sp³-hybridized carbons (Fsp3) is 0.917. The zero-order valence-electron chi connectivity index (χ0n) is 16.8. The first kappa shape index (κ1) is 18.5. The average molecular weight is 331 g/mol. The van der Waals surface area contributed by atoms with Crippen molar-refractivity contribution in [2.45, 2.75) is 91.9 Å². The Hall–Kier alpha value is -0.260. The zero-order valence-corrected chi connectivity index (χ0v) is 16.8. The topological polar surface area (TPSA) is 0 Å². The summed E-state index contributed by atoms with van der Waals surface area (Å²) in [6, 6.07) is 0. The van der Waals surface area contributed by atoms with E-state index in [1.165, 1.54) is 38.5 Å². The van der Waals surface area contributed by atoms with Crippen LogP contribution < -0.4 is 0 Å². The van der Waals surface area contributed by atoms with Gasteiger partial charge in [-0.25, -0.2) is 0 Å². The molecule has 0 aromatic carbocycles. The Morgan fingerprint density at radius 1 is 0.583 bits per heavy atom. The number of allylic oxidation sites excluding steroid dienone is 2. The minimum Gasteiger partial charge on any atom is -0.0914 e. The minimum atomic E-state index is 0.897. The van der Waals surface area contributed by atoms with Crippen molar-refractivity contribution in [2.24, 2.45) is 47.3 Å². The van der Waals surface area contributed by atoms with Crippen molar-refractivity contribution in [3.05, 3.63) is 12.2 Å². The smallest absolute Gasteiger partial charge is 0.0233 e. The van der Waals surface area contributed by atoms with Crippen molar-refractivity contribution < 1.29 is 0 Å². The molecule has 3 aliphatic rings. The molecule has 138 valence electrons. The Morgan fingerprint density at radius 3 is 1.71 bits per heavy atom. The van der Waals surface area contributed by atoms with Gasteiger partial charge >= 0.3 is 0 Å². The van der Waals surface area contributed by atoms with E-state index in [4.69, 9.17) is 0 Å². The molecule has 0 radical (unpaired) electrons. The lowest BCUT2D eigenvalue weighted by molar-refractivity contribution is 0.0472. The molecular formula is C24H42. The van der Waals surface area contributed by atoms with Gasteiger partial charge in [-0.05, 0) is 112 Å². The van der Waals surface area contributed by atoms with Crippen molar-refractivity contribution in [1.29, 1.82) is 0 Å². The van der Waals surface area contributed by atoms with E-state index in [1.807, 2.05) is 0 Å². The van der Waals surface area contributed by atoms with Crippen molar-refractivity contribution >= 4 is 0 Å². The molecule has 0 aromatic heterocycles. The Labute approximate surface area is 151 Å². The predicted octanol–water partition coefficient (Wildman–Crippen LogP) is 7.49. The van der Waals surface area contributed by atoms with E-state index < -0.39 is 0 Å². The Kier molecular flexibility index (Phi) is 6.50. The third-order valence-electron chi connectivity index (χ3n) is 8.73. The molecule has 4 unspecified atom stereocenters. The van der Waals surface area contributed by atoms with Crippen molar-refractivity contribution in [3.63, 3.8) is 0 Å². The summed E-state index contributed by atoms with van der Waals surface area (Å²) >= 11 is 0. The highest BCUT2D eigenvalue weighted by molar-refractivity contribution is 4.92. The van der Waals surface area contributed by atoms with Crippen LogP contribution in [-0.2, 0) is 0 Å². The van der Waals surface area contributed by atoms with Gasteiger partial charge in [0.15, 0.2) is 0 Å². The van der Waals surface area contributed by atoms with Gasteiger partial charge in [0.05, 0.1) is 0 Å². The lowest BCUT2D eigenvalue weighted by atomic mass is 9.60. The molecule has 3 aliphatic carbocycles. The van der Waals surface area contributed by atoms with Gasteiger partial charge in [-0.15, -0.1) is 0 Å². The van der Waals surface area contributed by atoms with Gasteiger partial charge < -0.3 is 0 Å². The second-order valence-electron chi connectivity index (χ2n) is 9.81. The van der Waals surface area contributed by atoms with Crippen LogP contribution in [0, 0.1) is 47.3 Å². The van der Waals surface area contributed by atoms with E-state index >= 15 is 0 Å². The number of hydrogen-bond donors (Lipinski definition) is 0.